The van der Waals surface area contributed by atoms with Gasteiger partial charge in [0.05, 0.1) is 0 Å². The normalized spacial score (nSPS) is 11.0. The van der Waals surface area contributed by atoms with Gasteiger partial charge < -0.3 is 9.64 Å². The average molecular weight is 384 g/mol. The maximum atomic E-state index is 12.5. The van der Waals surface area contributed by atoms with Crippen molar-refractivity contribution in [2.45, 2.75) is 0 Å². The Morgan fingerprint density at radius 2 is 1.69 bits per heavy atom. The van der Waals surface area contributed by atoms with Crippen molar-refractivity contribution in [3.05, 3.63) is 83.4 Å². The van der Waals surface area contributed by atoms with E-state index in [9.17, 15) is 14.9 Å². The van der Waals surface area contributed by atoms with Crippen molar-refractivity contribution in [1.82, 2.24) is 0 Å². The summed E-state index contributed by atoms with van der Waals surface area (Å²) in [5, 5.41) is 11.0. The quantitative estimate of drug-likeness (QED) is 0.275. The summed E-state index contributed by atoms with van der Waals surface area (Å²) in [6.07, 6.45) is 1.45. The number of carbonyl (C=O) groups is 2. The summed E-state index contributed by atoms with van der Waals surface area (Å²) in [6.45, 7) is -0.425. The van der Waals surface area contributed by atoms with Crippen LogP contribution >= 0.6 is 0 Å². The number of nitriles is 1. The predicted molar refractivity (Wildman–Crippen MR) is 114 cm³/mol. The second-order valence-corrected chi connectivity index (χ2v) is 6.68. The molecule has 0 spiro atoms. The van der Waals surface area contributed by atoms with Gasteiger partial charge in [-0.2, -0.15) is 5.26 Å². The van der Waals surface area contributed by atoms with E-state index in [1.54, 1.807) is 24.3 Å². The Kier molecular flexibility index (Phi) is 6.06. The summed E-state index contributed by atoms with van der Waals surface area (Å²) in [4.78, 5) is 26.8. The van der Waals surface area contributed by atoms with E-state index in [-0.39, 0.29) is 11.4 Å². The molecule has 0 radical (unpaired) electrons. The Labute approximate surface area is 169 Å². The summed E-state index contributed by atoms with van der Waals surface area (Å²) >= 11 is 0. The molecule has 0 aliphatic carbocycles. The third kappa shape index (κ3) is 4.69. The van der Waals surface area contributed by atoms with E-state index in [1.807, 2.05) is 67.5 Å². The topological polar surface area (TPSA) is 70.4 Å². The molecule has 3 rings (SSSR count). The lowest BCUT2D eigenvalue weighted by atomic mass is 10.0. The number of esters is 1. The number of hydrogen-bond donors (Lipinski definition) is 0. The summed E-state index contributed by atoms with van der Waals surface area (Å²) in [6, 6.07) is 22.1. The molecule has 0 aromatic heterocycles. The highest BCUT2D eigenvalue weighted by Crippen LogP contribution is 2.19. The fourth-order valence-corrected chi connectivity index (χ4v) is 2.93. The summed E-state index contributed by atoms with van der Waals surface area (Å²) < 4.78 is 5.11. The largest absolute Gasteiger partial charge is 0.453 e. The van der Waals surface area contributed by atoms with Gasteiger partial charge in [-0.3, -0.25) is 4.79 Å². The number of ether oxygens (including phenoxy) is 1. The molecule has 0 fully saturated rings. The molecular formula is C24H20N2O3. The van der Waals surface area contributed by atoms with Crippen molar-refractivity contribution in [2.75, 3.05) is 25.6 Å². The number of ketones is 1. The van der Waals surface area contributed by atoms with E-state index >= 15 is 0 Å². The number of nitrogens with zero attached hydrogens (tertiary/aromatic N) is 2. The molecule has 5 heteroatoms. The van der Waals surface area contributed by atoms with Crippen LogP contribution in [0.4, 0.5) is 5.69 Å². The molecule has 0 bridgehead atoms. The first-order chi connectivity index (χ1) is 14.0. The molecule has 0 aliphatic heterocycles. The van der Waals surface area contributed by atoms with Crippen molar-refractivity contribution in [3.63, 3.8) is 0 Å². The van der Waals surface area contributed by atoms with E-state index < -0.39 is 12.6 Å². The summed E-state index contributed by atoms with van der Waals surface area (Å²) in [7, 11) is 3.85. The van der Waals surface area contributed by atoms with Crippen LogP contribution in [0.1, 0.15) is 15.9 Å². The first kappa shape index (κ1) is 19.8. The van der Waals surface area contributed by atoms with E-state index in [2.05, 4.69) is 0 Å². The van der Waals surface area contributed by atoms with Gasteiger partial charge in [-0.15, -0.1) is 0 Å². The fraction of sp³-hybridized carbons (Fsp3) is 0.125. The minimum absolute atomic E-state index is 0.159. The molecule has 0 atom stereocenters. The van der Waals surface area contributed by atoms with Gasteiger partial charge in [0.15, 0.2) is 6.61 Å². The standard InChI is InChI=1S/C24H20N2O3/c1-26(2)20-12-10-17(11-13-20)14-19(15-25)24(28)29-16-23(27)22-9-5-7-18-6-3-4-8-21(18)22/h3-14H,16H2,1-2H3/b19-14+. The molecule has 0 aliphatic rings. The number of anilines is 1. The molecule has 0 heterocycles. The molecule has 0 unspecified atom stereocenters. The highest BCUT2D eigenvalue weighted by molar-refractivity contribution is 6.09. The van der Waals surface area contributed by atoms with E-state index in [0.717, 1.165) is 16.5 Å². The molecular weight excluding hydrogens is 364 g/mol. The fourth-order valence-electron chi connectivity index (χ4n) is 2.93. The number of rotatable bonds is 6. The minimum Gasteiger partial charge on any atom is -0.453 e. The Hall–Kier alpha value is -3.91. The maximum Gasteiger partial charge on any atom is 0.349 e. The highest BCUT2D eigenvalue weighted by Gasteiger charge is 2.16. The lowest BCUT2D eigenvalue weighted by Crippen LogP contribution is -2.15. The number of fused-ring (bicyclic) bond motifs is 1. The van der Waals surface area contributed by atoms with E-state index in [0.29, 0.717) is 11.1 Å². The molecule has 0 amide bonds. The van der Waals surface area contributed by atoms with Gasteiger partial charge in [-0.1, -0.05) is 54.6 Å². The van der Waals surface area contributed by atoms with Crippen LogP contribution in [-0.2, 0) is 9.53 Å². The molecule has 5 nitrogen and oxygen atoms in total. The van der Waals surface area contributed by atoms with Gasteiger partial charge in [0.2, 0.25) is 5.78 Å². The average Bonchev–Trinajstić information content (AvgIpc) is 2.75. The molecule has 3 aromatic rings. The van der Waals surface area contributed by atoms with E-state index in [1.165, 1.54) is 6.08 Å². The third-order valence-corrected chi connectivity index (χ3v) is 4.49. The van der Waals surface area contributed by atoms with Gasteiger partial charge in [-0.25, -0.2) is 4.79 Å². The Balaban J connectivity index is 1.71. The molecule has 0 saturated carbocycles. The highest BCUT2D eigenvalue weighted by atomic mass is 16.5. The summed E-state index contributed by atoms with van der Waals surface area (Å²) in [5.74, 6) is -1.14. The van der Waals surface area contributed by atoms with Crippen molar-refractivity contribution in [1.29, 1.82) is 5.26 Å². The number of benzene rings is 3. The van der Waals surface area contributed by atoms with Crippen LogP contribution in [0.15, 0.2) is 72.3 Å². The Morgan fingerprint density at radius 3 is 2.38 bits per heavy atom. The third-order valence-electron chi connectivity index (χ3n) is 4.49. The number of Topliss-reactive ketones (excluding diaryl/α,β-unsaturated/α-hetero) is 1. The first-order valence-corrected chi connectivity index (χ1v) is 9.07. The Morgan fingerprint density at radius 1 is 1.00 bits per heavy atom. The number of hydrogen-bond acceptors (Lipinski definition) is 5. The van der Waals surface area contributed by atoms with Crippen LogP contribution in [0.3, 0.4) is 0 Å². The zero-order valence-electron chi connectivity index (χ0n) is 16.3. The lowest BCUT2D eigenvalue weighted by Gasteiger charge is -2.11. The van der Waals surface area contributed by atoms with Gasteiger partial charge in [0.25, 0.3) is 0 Å². The van der Waals surface area contributed by atoms with Crippen LogP contribution in [0.2, 0.25) is 0 Å². The van der Waals surface area contributed by atoms with Crippen LogP contribution in [0.5, 0.6) is 0 Å². The summed E-state index contributed by atoms with van der Waals surface area (Å²) in [5.41, 5.74) is 2.03. The predicted octanol–water partition coefficient (Wildman–Crippen LogP) is 4.24. The van der Waals surface area contributed by atoms with Gasteiger partial charge >= 0.3 is 5.97 Å². The van der Waals surface area contributed by atoms with E-state index in [4.69, 9.17) is 4.74 Å². The monoisotopic (exact) mass is 384 g/mol. The second-order valence-electron chi connectivity index (χ2n) is 6.68. The smallest absolute Gasteiger partial charge is 0.349 e. The zero-order chi connectivity index (χ0) is 20.8. The van der Waals surface area contributed by atoms with Crippen molar-refractivity contribution >= 4 is 34.3 Å². The molecule has 0 saturated heterocycles. The van der Waals surface area contributed by atoms with Gasteiger partial charge in [0, 0.05) is 25.3 Å². The van der Waals surface area contributed by atoms with Crippen LogP contribution in [0, 0.1) is 11.3 Å². The van der Waals surface area contributed by atoms with Crippen LogP contribution in [0.25, 0.3) is 16.8 Å². The van der Waals surface area contributed by atoms with Crippen molar-refractivity contribution in [2.24, 2.45) is 0 Å². The molecule has 3 aromatic carbocycles. The first-order valence-electron chi connectivity index (χ1n) is 9.07. The SMILES string of the molecule is CN(C)c1ccc(/C=C(\C#N)C(=O)OCC(=O)c2cccc3ccccc23)cc1. The van der Waals surface area contributed by atoms with Gasteiger partial charge in [-0.05, 0) is 34.5 Å². The lowest BCUT2D eigenvalue weighted by molar-refractivity contribution is -0.137. The van der Waals surface area contributed by atoms with Crippen molar-refractivity contribution < 1.29 is 14.3 Å². The Bertz CT molecular complexity index is 1120. The van der Waals surface area contributed by atoms with Crippen LogP contribution < -0.4 is 4.90 Å². The minimum atomic E-state index is -0.822. The number of carbonyl (C=O) groups excluding carboxylic acids is 2. The van der Waals surface area contributed by atoms with Crippen molar-refractivity contribution in [3.8, 4) is 6.07 Å². The molecule has 0 N–H and O–H groups in total. The van der Waals surface area contributed by atoms with Gasteiger partial charge in [0.1, 0.15) is 11.6 Å². The van der Waals surface area contributed by atoms with Crippen LogP contribution in [-0.4, -0.2) is 32.5 Å². The zero-order valence-corrected chi connectivity index (χ0v) is 16.3. The maximum absolute atomic E-state index is 12.5. The molecule has 144 valence electrons. The molecule has 29 heavy (non-hydrogen) atoms. The second kappa shape index (κ2) is 8.85.